The Labute approximate surface area is 92.7 Å². The van der Waals surface area contributed by atoms with Crippen molar-refractivity contribution in [2.75, 3.05) is 6.61 Å². The molecule has 0 saturated carbocycles. The number of carbonyl (C=O) groups is 1. The quantitative estimate of drug-likeness (QED) is 0.596. The first-order valence-electron chi connectivity index (χ1n) is 4.07. The van der Waals surface area contributed by atoms with Crippen molar-refractivity contribution in [2.45, 2.75) is 13.3 Å². The van der Waals surface area contributed by atoms with E-state index in [1.807, 2.05) is 6.08 Å². The number of amides is 1. The van der Waals surface area contributed by atoms with E-state index in [1.54, 1.807) is 6.08 Å². The van der Waals surface area contributed by atoms with Crippen LogP contribution in [0.15, 0.2) is 22.8 Å². The summed E-state index contributed by atoms with van der Waals surface area (Å²) in [4.78, 5) is 16.2. The molecule has 0 aromatic heterocycles. The molecule has 0 fully saturated rings. The fourth-order valence-corrected chi connectivity index (χ4v) is 1.37. The third-order valence-electron chi connectivity index (χ3n) is 1.60. The molecular formula is C9H10ClNO2S. The van der Waals surface area contributed by atoms with Gasteiger partial charge in [-0.3, -0.25) is 9.63 Å². The van der Waals surface area contributed by atoms with Crippen molar-refractivity contribution in [1.82, 2.24) is 5.48 Å². The molecule has 0 atom stereocenters. The molecule has 0 unspecified atom stereocenters. The molecular weight excluding hydrogens is 222 g/mol. The van der Waals surface area contributed by atoms with E-state index in [0.29, 0.717) is 11.5 Å². The number of hydrogen-bond donors (Lipinski definition) is 1. The van der Waals surface area contributed by atoms with Crippen LogP contribution in [0.2, 0.25) is 0 Å². The lowest BCUT2D eigenvalue weighted by molar-refractivity contribution is -0.130. The second-order valence-corrected chi connectivity index (χ2v) is 3.76. The van der Waals surface area contributed by atoms with Crippen molar-refractivity contribution in [3.05, 3.63) is 22.8 Å². The molecule has 0 bridgehead atoms. The fourth-order valence-electron chi connectivity index (χ4n) is 0.965. The highest BCUT2D eigenvalue weighted by atomic mass is 35.5. The summed E-state index contributed by atoms with van der Waals surface area (Å²) in [5.74, 6) is -0.242. The average Bonchev–Trinajstić information content (AvgIpc) is 2.10. The summed E-state index contributed by atoms with van der Waals surface area (Å²) < 4.78 is 0. The normalized spacial score (nSPS) is 16.0. The highest BCUT2D eigenvalue weighted by Gasteiger charge is 2.10. The number of thiocarbonyl (C=S) groups is 1. The van der Waals surface area contributed by atoms with Crippen LogP contribution in [0.3, 0.4) is 0 Å². The Morgan fingerprint density at radius 3 is 3.14 bits per heavy atom. The van der Waals surface area contributed by atoms with Gasteiger partial charge in [-0.05, 0) is 11.6 Å². The maximum Gasteiger partial charge on any atom is 0.240 e. The van der Waals surface area contributed by atoms with Gasteiger partial charge in [0.15, 0.2) is 0 Å². The van der Waals surface area contributed by atoms with Gasteiger partial charge in [-0.25, -0.2) is 5.48 Å². The minimum absolute atomic E-state index is 0.242. The van der Waals surface area contributed by atoms with Crippen molar-refractivity contribution in [2.24, 2.45) is 0 Å². The van der Waals surface area contributed by atoms with Crippen molar-refractivity contribution in [3.63, 3.8) is 0 Å². The molecule has 0 aliphatic heterocycles. The van der Waals surface area contributed by atoms with Crippen molar-refractivity contribution >= 4 is 34.6 Å². The van der Waals surface area contributed by atoms with E-state index in [0.717, 1.165) is 10.4 Å². The van der Waals surface area contributed by atoms with Gasteiger partial charge in [0.25, 0.3) is 0 Å². The lowest BCUT2D eigenvalue weighted by atomic mass is 10.1. The van der Waals surface area contributed by atoms with Gasteiger partial charge >= 0.3 is 0 Å². The molecule has 0 saturated heterocycles. The Bertz CT molecular complexity index is 323. The zero-order valence-electron chi connectivity index (χ0n) is 7.67. The van der Waals surface area contributed by atoms with Crippen molar-refractivity contribution in [1.29, 1.82) is 0 Å². The minimum atomic E-state index is -0.242. The summed E-state index contributed by atoms with van der Waals surface area (Å²) in [7, 11) is 0. The Kier molecular flexibility index (Phi) is 4.25. The van der Waals surface area contributed by atoms with Crippen LogP contribution >= 0.6 is 23.8 Å². The molecule has 14 heavy (non-hydrogen) atoms. The monoisotopic (exact) mass is 231 g/mol. The second-order valence-electron chi connectivity index (χ2n) is 2.83. The van der Waals surface area contributed by atoms with Crippen molar-refractivity contribution < 1.29 is 9.63 Å². The summed E-state index contributed by atoms with van der Waals surface area (Å²) in [6.07, 6.45) is 4.24. The first-order valence-corrected chi connectivity index (χ1v) is 4.86. The van der Waals surface area contributed by atoms with Gasteiger partial charge in [0.1, 0.15) is 6.61 Å². The SMILES string of the molecule is CC(=O)NOCC1=CC(Cl)=CCC1=S. The van der Waals surface area contributed by atoms with Crippen molar-refractivity contribution in [3.8, 4) is 0 Å². The number of hydrogen-bond acceptors (Lipinski definition) is 3. The van der Waals surface area contributed by atoms with E-state index in [4.69, 9.17) is 28.7 Å². The van der Waals surface area contributed by atoms with Crippen LogP contribution < -0.4 is 5.48 Å². The molecule has 0 aromatic carbocycles. The first kappa shape index (κ1) is 11.4. The lowest BCUT2D eigenvalue weighted by Gasteiger charge is -2.12. The minimum Gasteiger partial charge on any atom is -0.273 e. The number of carbonyl (C=O) groups excluding carboxylic acids is 1. The Hall–Kier alpha value is -0.710. The third-order valence-corrected chi connectivity index (χ3v) is 2.29. The van der Waals surface area contributed by atoms with E-state index < -0.39 is 0 Å². The summed E-state index contributed by atoms with van der Waals surface area (Å²) in [6, 6.07) is 0. The molecule has 1 aliphatic rings. The molecule has 76 valence electrons. The summed E-state index contributed by atoms with van der Waals surface area (Å²) in [5, 5.41) is 0.653. The van der Waals surface area contributed by atoms with E-state index in [1.165, 1.54) is 6.92 Å². The van der Waals surface area contributed by atoms with Gasteiger partial charge in [0.05, 0.1) is 0 Å². The van der Waals surface area contributed by atoms with Crippen LogP contribution in [-0.4, -0.2) is 17.4 Å². The zero-order valence-corrected chi connectivity index (χ0v) is 9.24. The molecule has 1 aliphatic carbocycles. The van der Waals surface area contributed by atoms with Crippen LogP contribution in [0, 0.1) is 0 Å². The van der Waals surface area contributed by atoms with Crippen LogP contribution in [0.1, 0.15) is 13.3 Å². The van der Waals surface area contributed by atoms with E-state index >= 15 is 0 Å². The molecule has 5 heteroatoms. The molecule has 0 radical (unpaired) electrons. The standard InChI is InChI=1S/C9H10ClNO2S/c1-6(12)11-13-5-7-4-8(10)2-3-9(7)14/h2,4H,3,5H2,1H3,(H,11,12). The lowest BCUT2D eigenvalue weighted by Crippen LogP contribution is -2.23. The first-order chi connectivity index (χ1) is 6.59. The molecule has 1 rings (SSSR count). The van der Waals surface area contributed by atoms with Gasteiger partial charge in [-0.2, -0.15) is 0 Å². The molecule has 3 nitrogen and oxygen atoms in total. The van der Waals surface area contributed by atoms with E-state index in [2.05, 4.69) is 5.48 Å². The average molecular weight is 232 g/mol. The molecule has 0 spiro atoms. The van der Waals surface area contributed by atoms with Crippen LogP contribution in [0.5, 0.6) is 0 Å². The summed E-state index contributed by atoms with van der Waals surface area (Å²) >= 11 is 10.9. The van der Waals surface area contributed by atoms with E-state index in [-0.39, 0.29) is 12.5 Å². The van der Waals surface area contributed by atoms with Gasteiger partial charge in [0, 0.05) is 23.2 Å². The number of nitrogens with one attached hydrogen (secondary N) is 1. The van der Waals surface area contributed by atoms with Gasteiger partial charge in [-0.1, -0.05) is 29.9 Å². The van der Waals surface area contributed by atoms with E-state index in [9.17, 15) is 4.79 Å². The zero-order chi connectivity index (χ0) is 10.6. The smallest absolute Gasteiger partial charge is 0.240 e. The Morgan fingerprint density at radius 2 is 2.50 bits per heavy atom. The summed E-state index contributed by atoms with van der Waals surface area (Å²) in [6.45, 7) is 1.63. The van der Waals surface area contributed by atoms with Gasteiger partial charge < -0.3 is 0 Å². The van der Waals surface area contributed by atoms with Crippen LogP contribution in [0.4, 0.5) is 0 Å². The molecule has 0 aromatic rings. The second kappa shape index (κ2) is 5.24. The Morgan fingerprint density at radius 1 is 1.79 bits per heavy atom. The maximum absolute atomic E-state index is 10.5. The highest BCUT2D eigenvalue weighted by Crippen LogP contribution is 2.18. The van der Waals surface area contributed by atoms with Gasteiger partial charge in [-0.15, -0.1) is 0 Å². The molecule has 1 N–H and O–H groups in total. The van der Waals surface area contributed by atoms with Crippen LogP contribution in [0.25, 0.3) is 0 Å². The third kappa shape index (κ3) is 3.57. The van der Waals surface area contributed by atoms with Gasteiger partial charge in [0.2, 0.25) is 5.91 Å². The number of allylic oxidation sites excluding steroid dienone is 3. The predicted octanol–water partition coefficient (Wildman–Crippen LogP) is 1.88. The van der Waals surface area contributed by atoms with Crippen LogP contribution in [-0.2, 0) is 9.63 Å². The molecule has 0 heterocycles. The Balaban J connectivity index is 2.46. The number of halogens is 1. The summed E-state index contributed by atoms with van der Waals surface area (Å²) in [5.41, 5.74) is 3.06. The topological polar surface area (TPSA) is 38.3 Å². The fraction of sp³-hybridized carbons (Fsp3) is 0.333. The number of hydroxylamine groups is 1. The maximum atomic E-state index is 10.5. The largest absolute Gasteiger partial charge is 0.273 e. The number of rotatable bonds is 3. The molecule has 1 amide bonds. The highest BCUT2D eigenvalue weighted by molar-refractivity contribution is 7.80. The predicted molar refractivity (Wildman–Crippen MR) is 59.0 cm³/mol.